The van der Waals surface area contributed by atoms with Crippen LogP contribution in [-0.4, -0.2) is 12.1 Å². The Kier molecular flexibility index (Phi) is 3.44. The van der Waals surface area contributed by atoms with Gasteiger partial charge in [-0.15, -0.1) is 0 Å². The highest BCUT2D eigenvalue weighted by Gasteiger charge is 2.24. The molecule has 3 heteroatoms. The number of rotatable bonds is 4. The van der Waals surface area contributed by atoms with Crippen molar-refractivity contribution in [1.29, 1.82) is 0 Å². The van der Waals surface area contributed by atoms with Crippen LogP contribution in [0.3, 0.4) is 0 Å². The first-order chi connectivity index (χ1) is 7.79. The van der Waals surface area contributed by atoms with E-state index in [-0.39, 0.29) is 12.1 Å². The minimum Gasteiger partial charge on any atom is -0.335 e. The lowest BCUT2D eigenvalue weighted by molar-refractivity contribution is 0.236. The Bertz CT molecular complexity index is 346. The Morgan fingerprint density at radius 1 is 1.38 bits per heavy atom. The fourth-order valence-corrected chi connectivity index (χ4v) is 1.72. The molecule has 2 rings (SSSR count). The van der Waals surface area contributed by atoms with Gasteiger partial charge in [-0.1, -0.05) is 37.3 Å². The molecule has 0 bridgehead atoms. The second kappa shape index (κ2) is 5.01. The maximum atomic E-state index is 11.6. The van der Waals surface area contributed by atoms with E-state index in [0.717, 1.165) is 24.8 Å². The van der Waals surface area contributed by atoms with E-state index >= 15 is 0 Å². The number of hydrogen-bond acceptors (Lipinski definition) is 1. The molecule has 1 aliphatic carbocycles. The van der Waals surface area contributed by atoms with Crippen molar-refractivity contribution in [1.82, 2.24) is 10.6 Å². The van der Waals surface area contributed by atoms with E-state index in [2.05, 4.69) is 17.6 Å². The Hall–Kier alpha value is -1.51. The summed E-state index contributed by atoms with van der Waals surface area (Å²) in [5.74, 6) is 0. The van der Waals surface area contributed by atoms with Crippen LogP contribution in [0.4, 0.5) is 4.79 Å². The summed E-state index contributed by atoms with van der Waals surface area (Å²) in [6.07, 6.45) is 3.15. The van der Waals surface area contributed by atoms with E-state index in [4.69, 9.17) is 0 Å². The predicted molar refractivity (Wildman–Crippen MR) is 64.2 cm³/mol. The second-order valence-corrected chi connectivity index (χ2v) is 4.26. The molecule has 0 saturated heterocycles. The largest absolute Gasteiger partial charge is 0.335 e. The molecule has 1 atom stereocenters. The van der Waals surface area contributed by atoms with Crippen LogP contribution in [0.25, 0.3) is 0 Å². The summed E-state index contributed by atoms with van der Waals surface area (Å²) in [5, 5.41) is 5.94. The average Bonchev–Trinajstić information content (AvgIpc) is 3.11. The van der Waals surface area contributed by atoms with Crippen LogP contribution in [0, 0.1) is 0 Å². The maximum absolute atomic E-state index is 11.6. The fourth-order valence-electron chi connectivity index (χ4n) is 1.72. The normalized spacial score (nSPS) is 16.6. The summed E-state index contributed by atoms with van der Waals surface area (Å²) >= 11 is 0. The summed E-state index contributed by atoms with van der Waals surface area (Å²) in [6, 6.07) is 10.6. The van der Waals surface area contributed by atoms with E-state index in [9.17, 15) is 4.79 Å². The molecular formula is C13H18N2O. The zero-order valence-electron chi connectivity index (χ0n) is 9.57. The van der Waals surface area contributed by atoms with E-state index in [0.29, 0.717) is 6.04 Å². The molecule has 0 heterocycles. The summed E-state index contributed by atoms with van der Waals surface area (Å²) in [4.78, 5) is 11.6. The Morgan fingerprint density at radius 2 is 2.06 bits per heavy atom. The third-order valence-electron chi connectivity index (χ3n) is 2.83. The van der Waals surface area contributed by atoms with Gasteiger partial charge in [0.15, 0.2) is 0 Å². The van der Waals surface area contributed by atoms with Crippen LogP contribution >= 0.6 is 0 Å². The molecule has 0 aromatic heterocycles. The molecule has 2 amide bonds. The Morgan fingerprint density at radius 3 is 2.62 bits per heavy atom. The first-order valence-corrected chi connectivity index (χ1v) is 5.91. The number of amides is 2. The van der Waals surface area contributed by atoms with Crippen LogP contribution in [0.1, 0.15) is 37.8 Å². The van der Waals surface area contributed by atoms with Crippen molar-refractivity contribution in [2.24, 2.45) is 0 Å². The number of urea groups is 1. The smallest absolute Gasteiger partial charge is 0.315 e. The van der Waals surface area contributed by atoms with Gasteiger partial charge in [-0.05, 0) is 24.8 Å². The molecule has 1 fully saturated rings. The first-order valence-electron chi connectivity index (χ1n) is 5.91. The second-order valence-electron chi connectivity index (χ2n) is 4.26. The number of nitrogens with one attached hydrogen (secondary N) is 2. The number of benzene rings is 1. The standard InChI is InChI=1S/C13H18N2O/c1-2-12(10-6-4-3-5-7-10)15-13(16)14-11-8-9-11/h3-7,11-12H,2,8-9H2,1H3,(H2,14,15,16). The molecule has 2 N–H and O–H groups in total. The molecule has 1 aromatic rings. The molecule has 1 aromatic carbocycles. The Labute approximate surface area is 96.2 Å². The molecule has 0 radical (unpaired) electrons. The van der Waals surface area contributed by atoms with Crippen molar-refractivity contribution < 1.29 is 4.79 Å². The van der Waals surface area contributed by atoms with Crippen LogP contribution in [0.5, 0.6) is 0 Å². The summed E-state index contributed by atoms with van der Waals surface area (Å²) in [7, 11) is 0. The molecule has 16 heavy (non-hydrogen) atoms. The molecule has 0 spiro atoms. The van der Waals surface area contributed by atoms with Crippen molar-refractivity contribution in [2.45, 2.75) is 38.3 Å². The molecule has 86 valence electrons. The van der Waals surface area contributed by atoms with Gasteiger partial charge in [0.25, 0.3) is 0 Å². The molecule has 1 saturated carbocycles. The summed E-state index contributed by atoms with van der Waals surface area (Å²) in [6.45, 7) is 2.08. The van der Waals surface area contributed by atoms with Gasteiger partial charge in [0.2, 0.25) is 0 Å². The van der Waals surface area contributed by atoms with Gasteiger partial charge in [-0.25, -0.2) is 4.79 Å². The van der Waals surface area contributed by atoms with Crippen molar-refractivity contribution >= 4 is 6.03 Å². The summed E-state index contributed by atoms with van der Waals surface area (Å²) < 4.78 is 0. The molecular weight excluding hydrogens is 200 g/mol. The van der Waals surface area contributed by atoms with Gasteiger partial charge >= 0.3 is 6.03 Å². The van der Waals surface area contributed by atoms with E-state index in [1.165, 1.54) is 0 Å². The molecule has 3 nitrogen and oxygen atoms in total. The predicted octanol–water partition coefficient (Wildman–Crippen LogP) is 2.60. The quantitative estimate of drug-likeness (QED) is 0.801. The van der Waals surface area contributed by atoms with Crippen molar-refractivity contribution in [3.8, 4) is 0 Å². The minimum absolute atomic E-state index is 0.0433. The fraction of sp³-hybridized carbons (Fsp3) is 0.462. The first kappa shape index (κ1) is 11.0. The highest BCUT2D eigenvalue weighted by molar-refractivity contribution is 5.75. The van der Waals surface area contributed by atoms with Crippen molar-refractivity contribution in [2.75, 3.05) is 0 Å². The van der Waals surface area contributed by atoms with Crippen LogP contribution in [-0.2, 0) is 0 Å². The maximum Gasteiger partial charge on any atom is 0.315 e. The third kappa shape index (κ3) is 2.99. The van der Waals surface area contributed by atoms with Gasteiger partial charge in [0, 0.05) is 6.04 Å². The highest BCUT2D eigenvalue weighted by atomic mass is 16.2. The topological polar surface area (TPSA) is 41.1 Å². The van der Waals surface area contributed by atoms with Gasteiger partial charge in [0.05, 0.1) is 6.04 Å². The lowest BCUT2D eigenvalue weighted by Gasteiger charge is -2.17. The monoisotopic (exact) mass is 218 g/mol. The van der Waals surface area contributed by atoms with E-state index in [1.807, 2.05) is 30.3 Å². The number of carbonyl (C=O) groups is 1. The SMILES string of the molecule is CCC(NC(=O)NC1CC1)c1ccccc1. The third-order valence-corrected chi connectivity index (χ3v) is 2.83. The zero-order chi connectivity index (χ0) is 11.4. The van der Waals surface area contributed by atoms with Crippen molar-refractivity contribution in [3.05, 3.63) is 35.9 Å². The summed E-state index contributed by atoms with van der Waals surface area (Å²) in [5.41, 5.74) is 1.16. The van der Waals surface area contributed by atoms with Gasteiger partial charge in [0.1, 0.15) is 0 Å². The average molecular weight is 218 g/mol. The highest BCUT2D eigenvalue weighted by Crippen LogP contribution is 2.19. The zero-order valence-corrected chi connectivity index (χ0v) is 9.57. The number of carbonyl (C=O) groups excluding carboxylic acids is 1. The molecule has 1 unspecified atom stereocenters. The van der Waals surface area contributed by atoms with Gasteiger partial charge < -0.3 is 10.6 Å². The minimum atomic E-state index is -0.0433. The van der Waals surface area contributed by atoms with Gasteiger partial charge in [-0.2, -0.15) is 0 Å². The van der Waals surface area contributed by atoms with E-state index < -0.39 is 0 Å². The Balaban J connectivity index is 1.91. The van der Waals surface area contributed by atoms with Crippen LogP contribution in [0.2, 0.25) is 0 Å². The van der Waals surface area contributed by atoms with Crippen molar-refractivity contribution in [3.63, 3.8) is 0 Å². The van der Waals surface area contributed by atoms with Crippen LogP contribution in [0.15, 0.2) is 30.3 Å². The molecule has 1 aliphatic rings. The number of hydrogen-bond donors (Lipinski definition) is 2. The lowest BCUT2D eigenvalue weighted by atomic mass is 10.1. The van der Waals surface area contributed by atoms with Crippen LogP contribution < -0.4 is 10.6 Å². The van der Waals surface area contributed by atoms with Gasteiger partial charge in [-0.3, -0.25) is 0 Å². The van der Waals surface area contributed by atoms with E-state index in [1.54, 1.807) is 0 Å². The lowest BCUT2D eigenvalue weighted by Crippen LogP contribution is -2.38. The molecule has 0 aliphatic heterocycles.